The quantitative estimate of drug-likeness (QED) is 0.591. The van der Waals surface area contributed by atoms with Crippen molar-refractivity contribution in [1.82, 2.24) is 14.5 Å². The minimum absolute atomic E-state index is 0.0589. The van der Waals surface area contributed by atoms with Crippen LogP contribution in [0.1, 0.15) is 47.2 Å². The van der Waals surface area contributed by atoms with Gasteiger partial charge in [0.2, 0.25) is 0 Å². The van der Waals surface area contributed by atoms with Crippen molar-refractivity contribution in [2.24, 2.45) is 0 Å². The summed E-state index contributed by atoms with van der Waals surface area (Å²) in [6.45, 7) is 0. The lowest BCUT2D eigenvalue weighted by Gasteiger charge is -2.18. The Labute approximate surface area is 179 Å². The fourth-order valence-corrected chi connectivity index (χ4v) is 4.46. The van der Waals surface area contributed by atoms with Crippen molar-refractivity contribution in [2.75, 3.05) is 5.32 Å². The summed E-state index contributed by atoms with van der Waals surface area (Å²) in [5, 5.41) is 13.7. The molecule has 6 nitrogen and oxygen atoms in total. The van der Waals surface area contributed by atoms with Crippen molar-refractivity contribution in [3.05, 3.63) is 83.4 Å². The minimum Gasteiger partial charge on any atom is -0.393 e. The second-order valence-electron chi connectivity index (χ2n) is 8.08. The molecule has 0 amide bonds. The van der Waals surface area contributed by atoms with Crippen LogP contribution in [0.15, 0.2) is 55.2 Å². The number of carbonyl (C=O) groups excluding carboxylic acids is 1. The summed E-state index contributed by atoms with van der Waals surface area (Å²) < 4.78 is 2.12. The van der Waals surface area contributed by atoms with Crippen LogP contribution in [0.3, 0.4) is 0 Å². The van der Waals surface area contributed by atoms with Gasteiger partial charge < -0.3 is 15.0 Å². The highest BCUT2D eigenvalue weighted by Gasteiger charge is 2.46. The third-order valence-electron chi connectivity index (χ3n) is 6.05. The first-order valence-electron chi connectivity index (χ1n) is 10.1. The molecule has 1 aromatic carbocycles. The summed E-state index contributed by atoms with van der Waals surface area (Å²) in [5.74, 6) is 0.382. The topological polar surface area (TPSA) is 80.0 Å². The van der Waals surface area contributed by atoms with Gasteiger partial charge in [0.1, 0.15) is 12.1 Å². The summed E-state index contributed by atoms with van der Waals surface area (Å²) in [5.41, 5.74) is 2.06. The molecule has 2 heterocycles. The van der Waals surface area contributed by atoms with Gasteiger partial charge in [0, 0.05) is 35.2 Å². The van der Waals surface area contributed by atoms with Gasteiger partial charge in [-0.05, 0) is 55.9 Å². The number of hydrogen-bond acceptors (Lipinski definition) is 5. The van der Waals surface area contributed by atoms with Crippen LogP contribution in [0.4, 0.5) is 5.82 Å². The van der Waals surface area contributed by atoms with E-state index in [-0.39, 0.29) is 17.4 Å². The number of nitrogens with zero attached hydrogens (tertiary/aromatic N) is 3. The van der Waals surface area contributed by atoms with Crippen molar-refractivity contribution >= 4 is 23.2 Å². The summed E-state index contributed by atoms with van der Waals surface area (Å²) >= 11 is 6.20. The van der Waals surface area contributed by atoms with Crippen molar-refractivity contribution in [3.8, 4) is 0 Å². The highest BCUT2D eigenvalue weighted by Crippen LogP contribution is 2.50. The van der Waals surface area contributed by atoms with Crippen molar-refractivity contribution in [1.29, 1.82) is 0 Å². The standard InChI is InChI=1S/C23H22ClN4O2/c24-17-3-1-2-16(10-17)23(7-8-23)28-9-6-15(13-28)21(30)20-12-25-14-26-22(20)27-18-4-5-19(29)11-18/h1-3,5-6,9-10,12-14,18-19,29H,4,7-8,11H2,(H,25,26,27)/t18-,19+/m1/s1. The molecule has 2 aliphatic rings. The van der Waals surface area contributed by atoms with E-state index in [1.807, 2.05) is 43.1 Å². The Hall–Kier alpha value is -2.70. The van der Waals surface area contributed by atoms with Gasteiger partial charge in [0.05, 0.1) is 17.2 Å². The molecule has 3 aromatic rings. The van der Waals surface area contributed by atoms with E-state index in [0.717, 1.165) is 24.8 Å². The number of halogens is 1. The molecule has 30 heavy (non-hydrogen) atoms. The van der Waals surface area contributed by atoms with Crippen LogP contribution in [0.2, 0.25) is 5.02 Å². The molecule has 2 N–H and O–H groups in total. The lowest BCUT2D eigenvalue weighted by molar-refractivity contribution is 0.103. The molecule has 0 saturated heterocycles. The zero-order valence-corrected chi connectivity index (χ0v) is 17.1. The maximum Gasteiger partial charge on any atom is 0.199 e. The van der Waals surface area contributed by atoms with E-state index in [0.29, 0.717) is 28.4 Å². The van der Waals surface area contributed by atoms with Gasteiger partial charge in [-0.15, -0.1) is 0 Å². The number of anilines is 1. The van der Waals surface area contributed by atoms with Crippen LogP contribution in [0, 0.1) is 6.42 Å². The molecular formula is C23H22ClN4O2. The van der Waals surface area contributed by atoms with E-state index in [2.05, 4.69) is 25.9 Å². The molecule has 0 aliphatic heterocycles. The normalized spacial score (nSPS) is 22.1. The fraction of sp³-hybridized carbons (Fsp3) is 0.304. The first-order chi connectivity index (χ1) is 14.5. The summed E-state index contributed by atoms with van der Waals surface area (Å²) in [7, 11) is 0. The lowest BCUT2D eigenvalue weighted by atomic mass is 10.0. The van der Waals surface area contributed by atoms with Crippen LogP contribution in [-0.2, 0) is 5.54 Å². The maximum absolute atomic E-state index is 13.2. The number of rotatable bonds is 6. The van der Waals surface area contributed by atoms with Gasteiger partial charge in [-0.1, -0.05) is 23.7 Å². The molecule has 2 aromatic heterocycles. The van der Waals surface area contributed by atoms with E-state index in [1.54, 1.807) is 6.20 Å². The smallest absolute Gasteiger partial charge is 0.199 e. The van der Waals surface area contributed by atoms with Gasteiger partial charge >= 0.3 is 0 Å². The third kappa shape index (κ3) is 3.50. The van der Waals surface area contributed by atoms with E-state index in [1.165, 1.54) is 6.33 Å². The van der Waals surface area contributed by atoms with E-state index >= 15 is 0 Å². The number of carbonyl (C=O) groups is 1. The molecule has 0 unspecified atom stereocenters. The largest absolute Gasteiger partial charge is 0.393 e. The van der Waals surface area contributed by atoms with Gasteiger partial charge in [-0.3, -0.25) is 4.79 Å². The number of aliphatic hydroxyl groups excluding tert-OH is 1. The molecular weight excluding hydrogens is 400 g/mol. The molecule has 153 valence electrons. The molecule has 2 aliphatic carbocycles. The predicted molar refractivity (Wildman–Crippen MR) is 115 cm³/mol. The first-order valence-corrected chi connectivity index (χ1v) is 10.5. The monoisotopic (exact) mass is 421 g/mol. The summed E-state index contributed by atoms with van der Waals surface area (Å²) in [4.78, 5) is 21.6. The van der Waals surface area contributed by atoms with Gasteiger partial charge in [0.25, 0.3) is 0 Å². The van der Waals surface area contributed by atoms with E-state index in [9.17, 15) is 9.90 Å². The molecule has 7 heteroatoms. The van der Waals surface area contributed by atoms with Gasteiger partial charge in [-0.25, -0.2) is 9.97 Å². The van der Waals surface area contributed by atoms with Crippen LogP contribution in [0.25, 0.3) is 0 Å². The molecule has 5 rings (SSSR count). The number of hydrogen-bond donors (Lipinski definition) is 2. The Morgan fingerprint density at radius 2 is 2.17 bits per heavy atom. The van der Waals surface area contributed by atoms with Crippen LogP contribution in [-0.4, -0.2) is 37.6 Å². The number of benzene rings is 1. The van der Waals surface area contributed by atoms with Crippen molar-refractivity contribution < 1.29 is 9.90 Å². The lowest BCUT2D eigenvalue weighted by Crippen LogP contribution is -2.20. The zero-order valence-electron chi connectivity index (χ0n) is 16.3. The Balaban J connectivity index is 1.40. The molecule has 0 bridgehead atoms. The zero-order chi connectivity index (χ0) is 20.7. The van der Waals surface area contributed by atoms with Crippen LogP contribution >= 0.6 is 11.6 Å². The highest BCUT2D eigenvalue weighted by molar-refractivity contribution is 6.30. The van der Waals surface area contributed by atoms with Crippen LogP contribution < -0.4 is 5.32 Å². The third-order valence-corrected chi connectivity index (χ3v) is 6.29. The molecule has 1 radical (unpaired) electrons. The van der Waals surface area contributed by atoms with Gasteiger partial charge in [0.15, 0.2) is 5.78 Å². The highest BCUT2D eigenvalue weighted by atomic mass is 35.5. The summed E-state index contributed by atoms with van der Waals surface area (Å²) in [6.07, 6.45) is 11.7. The molecule has 2 saturated carbocycles. The summed E-state index contributed by atoms with van der Waals surface area (Å²) in [6, 6.07) is 9.82. The number of ketones is 1. The van der Waals surface area contributed by atoms with Crippen molar-refractivity contribution in [3.63, 3.8) is 0 Å². The Morgan fingerprint density at radius 3 is 2.90 bits per heavy atom. The Morgan fingerprint density at radius 1 is 1.30 bits per heavy atom. The average molecular weight is 422 g/mol. The maximum atomic E-state index is 13.2. The van der Waals surface area contributed by atoms with Crippen molar-refractivity contribution in [2.45, 2.75) is 43.4 Å². The predicted octanol–water partition coefficient (Wildman–Crippen LogP) is 3.84. The van der Waals surface area contributed by atoms with Crippen LogP contribution in [0.5, 0.6) is 0 Å². The minimum atomic E-state index is -0.418. The van der Waals surface area contributed by atoms with E-state index < -0.39 is 6.10 Å². The number of aromatic nitrogens is 3. The second-order valence-corrected chi connectivity index (χ2v) is 8.52. The second kappa shape index (κ2) is 7.52. The fourth-order valence-electron chi connectivity index (χ4n) is 4.27. The SMILES string of the molecule is O=C(c1ccn(C2(c3cccc(Cl)c3)CC2)c1)c1cncnc1N[C@@H]1C[CH][C@H](O)C1. The Bertz CT molecular complexity index is 1090. The van der Waals surface area contributed by atoms with Gasteiger partial charge in [-0.2, -0.15) is 0 Å². The number of aliphatic hydroxyl groups is 1. The molecule has 0 spiro atoms. The van der Waals surface area contributed by atoms with E-state index in [4.69, 9.17) is 11.6 Å². The molecule has 2 fully saturated rings. The Kier molecular flexibility index (Phi) is 4.83. The number of nitrogens with one attached hydrogen (secondary N) is 1. The average Bonchev–Trinajstić information content (AvgIpc) is 3.22. The first kappa shape index (κ1) is 19.3. The molecule has 2 atom stereocenters.